The van der Waals surface area contributed by atoms with Crippen molar-refractivity contribution in [2.24, 2.45) is 11.5 Å². The summed E-state index contributed by atoms with van der Waals surface area (Å²) in [6.45, 7) is 2.43. The Kier molecular flexibility index (Phi) is 11.1. The fraction of sp³-hybridized carbons (Fsp3) is 0.179. The molecule has 5 rings (SSSR count). The molecule has 47 heavy (non-hydrogen) atoms. The standard InChI is InChI=1S/C39H38N2O6/c1-27-20-21-30(31(24-46-38(40)42)23-44-36-18-10-8-16-33(36)28-12-4-2-5-13-28)22-35(27)32(26-47-39(41)43)25-45-37-19-11-9-17-34(37)29-14-6-3-7-15-29/h2-22,31-32H,23-26H2,1H3,(H2,40,42)(H2,41,43). The van der Waals surface area contributed by atoms with Gasteiger partial charge in [0.15, 0.2) is 0 Å². The van der Waals surface area contributed by atoms with E-state index in [0.717, 1.165) is 38.9 Å². The zero-order valence-electron chi connectivity index (χ0n) is 26.2. The number of para-hydroxylation sites is 2. The Balaban J connectivity index is 1.42. The fourth-order valence-corrected chi connectivity index (χ4v) is 5.46. The molecule has 0 spiro atoms. The molecule has 0 bridgehead atoms. The molecular formula is C39H38N2O6. The molecule has 0 saturated carbocycles. The molecular weight excluding hydrogens is 592 g/mol. The lowest BCUT2D eigenvalue weighted by Crippen LogP contribution is -2.24. The van der Waals surface area contributed by atoms with Crippen molar-refractivity contribution in [1.29, 1.82) is 0 Å². The fourth-order valence-electron chi connectivity index (χ4n) is 5.46. The summed E-state index contributed by atoms with van der Waals surface area (Å²) < 4.78 is 23.3. The number of amides is 2. The zero-order valence-corrected chi connectivity index (χ0v) is 26.2. The van der Waals surface area contributed by atoms with Crippen molar-refractivity contribution in [1.82, 2.24) is 0 Å². The number of hydrogen-bond donors (Lipinski definition) is 2. The molecule has 0 aromatic heterocycles. The first kappa shape index (κ1) is 32.6. The summed E-state index contributed by atoms with van der Waals surface area (Å²) in [5.74, 6) is 0.690. The van der Waals surface area contributed by atoms with Gasteiger partial charge in [-0.05, 0) is 46.9 Å². The van der Waals surface area contributed by atoms with Crippen LogP contribution in [0.5, 0.6) is 11.5 Å². The lowest BCUT2D eigenvalue weighted by atomic mass is 9.90. The Morgan fingerprint density at radius 1 is 0.553 bits per heavy atom. The van der Waals surface area contributed by atoms with Gasteiger partial charge < -0.3 is 30.4 Å². The minimum absolute atomic E-state index is 0.00867. The van der Waals surface area contributed by atoms with Crippen LogP contribution in [0.2, 0.25) is 0 Å². The third kappa shape index (κ3) is 8.92. The highest BCUT2D eigenvalue weighted by atomic mass is 16.6. The van der Waals surface area contributed by atoms with Crippen LogP contribution in [-0.4, -0.2) is 38.6 Å². The van der Waals surface area contributed by atoms with Crippen LogP contribution in [0, 0.1) is 6.92 Å². The second-order valence-corrected chi connectivity index (χ2v) is 11.1. The second-order valence-electron chi connectivity index (χ2n) is 11.1. The van der Waals surface area contributed by atoms with Crippen LogP contribution in [-0.2, 0) is 9.47 Å². The van der Waals surface area contributed by atoms with Crippen molar-refractivity contribution in [3.05, 3.63) is 144 Å². The van der Waals surface area contributed by atoms with Crippen LogP contribution in [0.4, 0.5) is 9.59 Å². The van der Waals surface area contributed by atoms with Crippen molar-refractivity contribution in [3.63, 3.8) is 0 Å². The van der Waals surface area contributed by atoms with E-state index in [1.807, 2.05) is 134 Å². The van der Waals surface area contributed by atoms with Gasteiger partial charge in [-0.15, -0.1) is 0 Å². The Hall–Kier alpha value is -5.76. The molecule has 240 valence electrons. The highest BCUT2D eigenvalue weighted by Gasteiger charge is 2.22. The average molecular weight is 631 g/mol. The number of primary amides is 2. The van der Waals surface area contributed by atoms with Gasteiger partial charge in [0.05, 0.1) is 25.0 Å². The van der Waals surface area contributed by atoms with E-state index in [0.29, 0.717) is 11.5 Å². The van der Waals surface area contributed by atoms with Gasteiger partial charge in [0.25, 0.3) is 0 Å². The first-order chi connectivity index (χ1) is 22.9. The monoisotopic (exact) mass is 630 g/mol. The van der Waals surface area contributed by atoms with Crippen molar-refractivity contribution in [2.45, 2.75) is 18.8 Å². The molecule has 0 aliphatic carbocycles. The third-order valence-corrected chi connectivity index (χ3v) is 7.89. The van der Waals surface area contributed by atoms with Crippen LogP contribution in [0.1, 0.15) is 28.5 Å². The summed E-state index contributed by atoms with van der Waals surface area (Å²) in [6.07, 6.45) is -1.74. The molecule has 2 unspecified atom stereocenters. The molecule has 0 heterocycles. The number of benzene rings is 5. The lowest BCUT2D eigenvalue weighted by molar-refractivity contribution is 0.136. The van der Waals surface area contributed by atoms with E-state index >= 15 is 0 Å². The van der Waals surface area contributed by atoms with E-state index in [-0.39, 0.29) is 38.3 Å². The quantitative estimate of drug-likeness (QED) is 0.129. The van der Waals surface area contributed by atoms with E-state index in [1.54, 1.807) is 0 Å². The summed E-state index contributed by atoms with van der Waals surface area (Å²) in [4.78, 5) is 23.3. The second kappa shape index (κ2) is 16.0. The van der Waals surface area contributed by atoms with Crippen LogP contribution >= 0.6 is 0 Å². The van der Waals surface area contributed by atoms with Gasteiger partial charge in [0, 0.05) is 11.1 Å². The first-order valence-electron chi connectivity index (χ1n) is 15.4. The summed E-state index contributed by atoms with van der Waals surface area (Å²) in [6, 6.07) is 41.5. The number of nitrogens with two attached hydrogens (primary N) is 2. The van der Waals surface area contributed by atoms with Gasteiger partial charge in [-0.25, -0.2) is 9.59 Å². The zero-order chi connectivity index (χ0) is 33.0. The predicted molar refractivity (Wildman–Crippen MR) is 182 cm³/mol. The number of ether oxygens (including phenoxy) is 4. The predicted octanol–water partition coefficient (Wildman–Crippen LogP) is 7.84. The Morgan fingerprint density at radius 3 is 1.51 bits per heavy atom. The molecule has 0 aliphatic heterocycles. The first-order valence-corrected chi connectivity index (χ1v) is 15.4. The van der Waals surface area contributed by atoms with E-state index in [4.69, 9.17) is 30.4 Å². The van der Waals surface area contributed by atoms with Crippen molar-refractivity contribution in [2.75, 3.05) is 26.4 Å². The van der Waals surface area contributed by atoms with Crippen molar-refractivity contribution < 1.29 is 28.5 Å². The van der Waals surface area contributed by atoms with Crippen LogP contribution in [0.25, 0.3) is 22.3 Å². The molecule has 0 saturated heterocycles. The summed E-state index contributed by atoms with van der Waals surface area (Å²) in [5.41, 5.74) is 17.4. The van der Waals surface area contributed by atoms with E-state index in [9.17, 15) is 9.59 Å². The van der Waals surface area contributed by atoms with Crippen molar-refractivity contribution in [3.8, 4) is 33.8 Å². The molecule has 5 aromatic carbocycles. The molecule has 0 fully saturated rings. The maximum Gasteiger partial charge on any atom is 0.404 e. The summed E-state index contributed by atoms with van der Waals surface area (Å²) in [5, 5.41) is 0. The number of rotatable bonds is 14. The molecule has 4 N–H and O–H groups in total. The molecule has 2 amide bonds. The molecule has 5 aromatic rings. The Morgan fingerprint density at radius 2 is 1.00 bits per heavy atom. The van der Waals surface area contributed by atoms with Gasteiger partial charge >= 0.3 is 12.2 Å². The smallest absolute Gasteiger partial charge is 0.404 e. The molecule has 8 nitrogen and oxygen atoms in total. The topological polar surface area (TPSA) is 123 Å². The average Bonchev–Trinajstić information content (AvgIpc) is 3.10. The maximum atomic E-state index is 11.7. The third-order valence-electron chi connectivity index (χ3n) is 7.89. The Labute approximate surface area is 274 Å². The highest BCUT2D eigenvalue weighted by molar-refractivity contribution is 5.71. The van der Waals surface area contributed by atoms with Gasteiger partial charge in [-0.3, -0.25) is 0 Å². The number of carbonyl (C=O) groups is 2. The lowest BCUT2D eigenvalue weighted by Gasteiger charge is -2.24. The number of aryl methyl sites for hydroxylation is 1. The molecule has 0 aliphatic rings. The van der Waals surface area contributed by atoms with Crippen molar-refractivity contribution >= 4 is 12.2 Å². The van der Waals surface area contributed by atoms with Gasteiger partial charge in [-0.1, -0.05) is 115 Å². The summed E-state index contributed by atoms with van der Waals surface area (Å²) in [7, 11) is 0. The normalized spacial score (nSPS) is 12.0. The van der Waals surface area contributed by atoms with E-state index in [1.165, 1.54) is 0 Å². The van der Waals surface area contributed by atoms with Gasteiger partial charge in [-0.2, -0.15) is 0 Å². The van der Waals surface area contributed by atoms with Crippen LogP contribution in [0.15, 0.2) is 127 Å². The SMILES string of the molecule is Cc1ccc(C(COC(N)=O)COc2ccccc2-c2ccccc2)cc1C(COC(N)=O)COc1ccccc1-c1ccccc1. The Bertz CT molecular complexity index is 1780. The van der Waals surface area contributed by atoms with E-state index in [2.05, 4.69) is 0 Å². The minimum atomic E-state index is -0.870. The number of carbonyl (C=O) groups excluding carboxylic acids is 2. The van der Waals surface area contributed by atoms with Crippen LogP contribution < -0.4 is 20.9 Å². The maximum absolute atomic E-state index is 11.7. The largest absolute Gasteiger partial charge is 0.492 e. The highest BCUT2D eigenvalue weighted by Crippen LogP contribution is 2.34. The molecule has 2 atom stereocenters. The minimum Gasteiger partial charge on any atom is -0.492 e. The van der Waals surface area contributed by atoms with E-state index < -0.39 is 12.2 Å². The molecule has 8 heteroatoms. The van der Waals surface area contributed by atoms with Crippen LogP contribution in [0.3, 0.4) is 0 Å². The summed E-state index contributed by atoms with van der Waals surface area (Å²) >= 11 is 0. The van der Waals surface area contributed by atoms with Gasteiger partial charge in [0.2, 0.25) is 0 Å². The number of hydrogen-bond acceptors (Lipinski definition) is 6. The molecule has 0 radical (unpaired) electrons. The van der Waals surface area contributed by atoms with Gasteiger partial charge in [0.1, 0.15) is 24.7 Å².